The van der Waals surface area contributed by atoms with Gasteiger partial charge in [-0.1, -0.05) is 13.0 Å². The summed E-state index contributed by atoms with van der Waals surface area (Å²) in [5, 5.41) is 12.9. The lowest BCUT2D eigenvalue weighted by Crippen LogP contribution is -2.22. The molecule has 0 radical (unpaired) electrons. The van der Waals surface area contributed by atoms with Crippen LogP contribution in [0.2, 0.25) is 0 Å². The lowest BCUT2D eigenvalue weighted by Gasteiger charge is -2.22. The number of nitrogens with zero attached hydrogens (tertiary/aromatic N) is 1. The van der Waals surface area contributed by atoms with Gasteiger partial charge in [0.05, 0.1) is 6.54 Å². The fraction of sp³-hybridized carbons (Fsp3) is 0.375. The van der Waals surface area contributed by atoms with Gasteiger partial charge in [0, 0.05) is 24.5 Å². The molecule has 0 aliphatic carbocycles. The second-order valence-corrected chi connectivity index (χ2v) is 4.72. The molecule has 0 saturated heterocycles. The van der Waals surface area contributed by atoms with E-state index in [0.29, 0.717) is 18.9 Å². The van der Waals surface area contributed by atoms with Gasteiger partial charge in [-0.25, -0.2) is 0 Å². The van der Waals surface area contributed by atoms with Crippen molar-refractivity contribution >= 4 is 5.69 Å². The normalized spacial score (nSPS) is 14.2. The maximum absolute atomic E-state index is 9.56. The third-order valence-corrected chi connectivity index (χ3v) is 3.01. The number of anilines is 1. The second kappa shape index (κ2) is 7.60. The Morgan fingerprint density at radius 2 is 2.25 bits per heavy atom. The van der Waals surface area contributed by atoms with E-state index in [4.69, 9.17) is 4.74 Å². The number of aliphatic hydroxyl groups excluding tert-OH is 1. The predicted molar refractivity (Wildman–Crippen MR) is 82.3 cm³/mol. The Balaban J connectivity index is 1.88. The van der Waals surface area contributed by atoms with Crippen LogP contribution in [0.3, 0.4) is 0 Å². The van der Waals surface area contributed by atoms with E-state index < -0.39 is 0 Å². The second-order valence-electron chi connectivity index (χ2n) is 4.72. The minimum atomic E-state index is 0.364. The van der Waals surface area contributed by atoms with E-state index in [0.717, 1.165) is 30.9 Å². The number of allylic oxidation sites excluding steroid dienone is 2. The maximum Gasteiger partial charge on any atom is 0.121 e. The predicted octanol–water partition coefficient (Wildman–Crippen LogP) is 2.84. The fourth-order valence-electron chi connectivity index (χ4n) is 2.01. The van der Waals surface area contributed by atoms with Crippen molar-refractivity contribution in [1.29, 1.82) is 0 Å². The van der Waals surface area contributed by atoms with Crippen LogP contribution in [-0.4, -0.2) is 31.3 Å². The van der Waals surface area contributed by atoms with Crippen molar-refractivity contribution in [3.05, 3.63) is 48.4 Å². The third-order valence-electron chi connectivity index (χ3n) is 3.01. The summed E-state index contributed by atoms with van der Waals surface area (Å²) in [5.41, 5.74) is 1.01. The van der Waals surface area contributed by atoms with Crippen molar-refractivity contribution in [2.45, 2.75) is 13.3 Å². The zero-order chi connectivity index (χ0) is 14.2. The molecule has 108 valence electrons. The Bertz CT molecular complexity index is 483. The first kappa shape index (κ1) is 14.5. The van der Waals surface area contributed by atoms with Gasteiger partial charge in [0.15, 0.2) is 0 Å². The highest BCUT2D eigenvalue weighted by molar-refractivity contribution is 5.55. The fourth-order valence-corrected chi connectivity index (χ4v) is 2.01. The van der Waals surface area contributed by atoms with E-state index in [2.05, 4.69) is 12.2 Å². The van der Waals surface area contributed by atoms with Gasteiger partial charge >= 0.3 is 0 Å². The molecule has 0 fully saturated rings. The zero-order valence-electron chi connectivity index (χ0n) is 11.9. The molecule has 0 saturated carbocycles. The van der Waals surface area contributed by atoms with Crippen LogP contribution in [-0.2, 0) is 0 Å². The molecule has 1 aromatic carbocycles. The van der Waals surface area contributed by atoms with Crippen molar-refractivity contribution in [2.75, 3.05) is 31.1 Å². The van der Waals surface area contributed by atoms with Crippen LogP contribution in [0.5, 0.6) is 5.75 Å². The summed E-state index contributed by atoms with van der Waals surface area (Å²) in [6.45, 7) is 5.18. The SMILES string of the molecule is CCCNCCOc1cccc(N2C=CC=C(O)C2)c1. The minimum Gasteiger partial charge on any atom is -0.510 e. The summed E-state index contributed by atoms with van der Waals surface area (Å²) in [5.74, 6) is 1.21. The highest BCUT2D eigenvalue weighted by atomic mass is 16.5. The van der Waals surface area contributed by atoms with Crippen molar-refractivity contribution in [3.63, 3.8) is 0 Å². The average molecular weight is 274 g/mol. The topological polar surface area (TPSA) is 44.7 Å². The van der Waals surface area contributed by atoms with Gasteiger partial charge < -0.3 is 20.1 Å². The van der Waals surface area contributed by atoms with Crippen LogP contribution < -0.4 is 15.0 Å². The summed E-state index contributed by atoms with van der Waals surface area (Å²) < 4.78 is 5.72. The van der Waals surface area contributed by atoms with Gasteiger partial charge in [-0.05, 0) is 37.3 Å². The largest absolute Gasteiger partial charge is 0.510 e. The van der Waals surface area contributed by atoms with Crippen LogP contribution in [0.4, 0.5) is 5.69 Å². The zero-order valence-corrected chi connectivity index (χ0v) is 11.9. The lowest BCUT2D eigenvalue weighted by atomic mass is 10.2. The molecule has 0 spiro atoms. The van der Waals surface area contributed by atoms with Crippen molar-refractivity contribution in [2.24, 2.45) is 0 Å². The van der Waals surface area contributed by atoms with Gasteiger partial charge in [0.1, 0.15) is 18.1 Å². The molecule has 0 amide bonds. The van der Waals surface area contributed by atoms with Crippen LogP contribution in [0, 0.1) is 0 Å². The van der Waals surface area contributed by atoms with Gasteiger partial charge in [0.2, 0.25) is 0 Å². The first-order valence-corrected chi connectivity index (χ1v) is 7.06. The summed E-state index contributed by atoms with van der Waals surface area (Å²) in [6.07, 6.45) is 6.62. The number of hydrogen-bond donors (Lipinski definition) is 2. The van der Waals surface area contributed by atoms with E-state index in [1.165, 1.54) is 0 Å². The molecule has 2 N–H and O–H groups in total. The molecule has 0 atom stereocenters. The number of hydrogen-bond acceptors (Lipinski definition) is 4. The number of benzene rings is 1. The number of ether oxygens (including phenoxy) is 1. The van der Waals surface area contributed by atoms with E-state index in [1.807, 2.05) is 41.4 Å². The third kappa shape index (κ3) is 4.31. The van der Waals surface area contributed by atoms with Gasteiger partial charge in [-0.2, -0.15) is 0 Å². The monoisotopic (exact) mass is 274 g/mol. The molecule has 1 aromatic rings. The Hall–Kier alpha value is -1.94. The van der Waals surface area contributed by atoms with E-state index in [9.17, 15) is 5.11 Å². The Morgan fingerprint density at radius 3 is 3.05 bits per heavy atom. The van der Waals surface area contributed by atoms with Crippen LogP contribution in [0.15, 0.2) is 48.4 Å². The maximum atomic E-state index is 9.56. The summed E-state index contributed by atoms with van der Waals surface area (Å²) in [7, 11) is 0. The molecule has 4 nitrogen and oxygen atoms in total. The van der Waals surface area contributed by atoms with Crippen molar-refractivity contribution in [1.82, 2.24) is 5.32 Å². The number of nitrogens with one attached hydrogen (secondary N) is 1. The van der Waals surface area contributed by atoms with Gasteiger partial charge in [0.25, 0.3) is 0 Å². The molecule has 4 heteroatoms. The van der Waals surface area contributed by atoms with E-state index >= 15 is 0 Å². The lowest BCUT2D eigenvalue weighted by molar-refractivity contribution is 0.314. The summed E-state index contributed by atoms with van der Waals surface area (Å²) >= 11 is 0. The molecule has 0 aromatic heterocycles. The molecular formula is C16H22N2O2. The molecular weight excluding hydrogens is 252 g/mol. The van der Waals surface area contributed by atoms with Gasteiger partial charge in [-0.15, -0.1) is 0 Å². The Kier molecular flexibility index (Phi) is 5.50. The van der Waals surface area contributed by atoms with Crippen molar-refractivity contribution < 1.29 is 9.84 Å². The van der Waals surface area contributed by atoms with Crippen LogP contribution in [0.1, 0.15) is 13.3 Å². The quantitative estimate of drug-likeness (QED) is 0.750. The summed E-state index contributed by atoms with van der Waals surface area (Å²) in [6, 6.07) is 7.91. The summed E-state index contributed by atoms with van der Waals surface area (Å²) in [4.78, 5) is 1.98. The number of rotatable bonds is 7. The first-order valence-electron chi connectivity index (χ1n) is 7.06. The average Bonchev–Trinajstić information content (AvgIpc) is 2.47. The van der Waals surface area contributed by atoms with E-state index in [1.54, 1.807) is 6.08 Å². The van der Waals surface area contributed by atoms with Gasteiger partial charge in [-0.3, -0.25) is 0 Å². The van der Waals surface area contributed by atoms with Crippen LogP contribution in [0.25, 0.3) is 0 Å². The van der Waals surface area contributed by atoms with Crippen molar-refractivity contribution in [3.8, 4) is 5.75 Å². The molecule has 0 bridgehead atoms. The molecule has 1 heterocycles. The van der Waals surface area contributed by atoms with Crippen LogP contribution >= 0.6 is 0 Å². The molecule has 1 aliphatic rings. The number of aliphatic hydroxyl groups is 1. The molecule has 0 unspecified atom stereocenters. The minimum absolute atomic E-state index is 0.364. The molecule has 1 aliphatic heterocycles. The highest BCUT2D eigenvalue weighted by Crippen LogP contribution is 2.23. The standard InChI is InChI=1S/C16H22N2O2/c1-2-8-17-9-11-20-16-7-3-5-14(12-16)18-10-4-6-15(19)13-18/h3-7,10,12,17,19H,2,8-9,11,13H2,1H3. The first-order chi connectivity index (χ1) is 9.79. The molecule has 20 heavy (non-hydrogen) atoms. The van der Waals surface area contributed by atoms with E-state index in [-0.39, 0.29) is 0 Å². The Morgan fingerprint density at radius 1 is 1.35 bits per heavy atom. The smallest absolute Gasteiger partial charge is 0.121 e. The Labute approximate surface area is 120 Å². The highest BCUT2D eigenvalue weighted by Gasteiger charge is 2.09. The molecule has 2 rings (SSSR count).